The van der Waals surface area contributed by atoms with E-state index in [4.69, 9.17) is 11.6 Å². The summed E-state index contributed by atoms with van der Waals surface area (Å²) in [6, 6.07) is 7.56. The normalized spacial score (nSPS) is 14.6. The van der Waals surface area contributed by atoms with E-state index in [1.807, 2.05) is 30.3 Å². The Morgan fingerprint density at radius 3 is 3.10 bits per heavy atom. The summed E-state index contributed by atoms with van der Waals surface area (Å²) < 4.78 is 0.726. The van der Waals surface area contributed by atoms with Crippen LogP contribution in [0.5, 0.6) is 0 Å². The van der Waals surface area contributed by atoms with E-state index in [1.54, 1.807) is 17.2 Å². The zero-order chi connectivity index (χ0) is 13.9. The fraction of sp³-hybridized carbons (Fsp3) is 0.200. The molecule has 2 aromatic rings. The summed E-state index contributed by atoms with van der Waals surface area (Å²) in [5.74, 6) is -0.0107. The molecule has 0 atom stereocenters. The van der Waals surface area contributed by atoms with Gasteiger partial charge in [-0.15, -0.1) is 11.3 Å². The van der Waals surface area contributed by atoms with Crippen molar-refractivity contribution in [1.82, 2.24) is 4.98 Å². The molecule has 0 saturated carbocycles. The SMILES string of the molecule is O=C(/C=C/c1ccc(Cl)s1)N1CCCc2ncccc21. The highest BCUT2D eigenvalue weighted by Crippen LogP contribution is 2.26. The van der Waals surface area contributed by atoms with E-state index in [0.717, 1.165) is 40.0 Å². The minimum atomic E-state index is -0.0107. The molecule has 0 aliphatic carbocycles. The van der Waals surface area contributed by atoms with E-state index in [2.05, 4.69) is 4.98 Å². The number of thiophene rings is 1. The summed E-state index contributed by atoms with van der Waals surface area (Å²) in [7, 11) is 0. The first-order chi connectivity index (χ1) is 9.74. The van der Waals surface area contributed by atoms with Crippen molar-refractivity contribution in [1.29, 1.82) is 0 Å². The van der Waals surface area contributed by atoms with E-state index in [0.29, 0.717) is 0 Å². The standard InChI is InChI=1S/C15H13ClN2OS/c16-14-7-5-11(20-14)6-8-15(19)18-10-2-3-12-13(18)4-1-9-17-12/h1,4-9H,2-3,10H2/b8-6+. The quantitative estimate of drug-likeness (QED) is 0.791. The van der Waals surface area contributed by atoms with Gasteiger partial charge in [0.25, 0.3) is 5.91 Å². The molecule has 0 radical (unpaired) electrons. The minimum Gasteiger partial charge on any atom is -0.307 e. The van der Waals surface area contributed by atoms with Gasteiger partial charge in [0.05, 0.1) is 15.7 Å². The number of fused-ring (bicyclic) bond motifs is 1. The highest BCUT2D eigenvalue weighted by Gasteiger charge is 2.21. The van der Waals surface area contributed by atoms with Crippen molar-refractivity contribution in [2.24, 2.45) is 0 Å². The predicted molar refractivity (Wildman–Crippen MR) is 83.3 cm³/mol. The number of aromatic nitrogens is 1. The molecule has 0 aromatic carbocycles. The lowest BCUT2D eigenvalue weighted by Crippen LogP contribution is -2.34. The lowest BCUT2D eigenvalue weighted by molar-refractivity contribution is -0.114. The lowest BCUT2D eigenvalue weighted by Gasteiger charge is -2.27. The summed E-state index contributed by atoms with van der Waals surface area (Å²) in [5.41, 5.74) is 1.93. The maximum Gasteiger partial charge on any atom is 0.251 e. The number of halogens is 1. The van der Waals surface area contributed by atoms with Gasteiger partial charge in [0.2, 0.25) is 0 Å². The summed E-state index contributed by atoms with van der Waals surface area (Å²) in [6.45, 7) is 0.743. The van der Waals surface area contributed by atoms with Crippen LogP contribution in [-0.2, 0) is 11.2 Å². The Morgan fingerprint density at radius 1 is 1.40 bits per heavy atom. The maximum atomic E-state index is 12.3. The molecule has 0 saturated heterocycles. The summed E-state index contributed by atoms with van der Waals surface area (Å²) in [6.07, 6.45) is 7.07. The lowest BCUT2D eigenvalue weighted by atomic mass is 10.1. The molecule has 102 valence electrons. The molecule has 3 rings (SSSR count). The van der Waals surface area contributed by atoms with Crippen LogP contribution >= 0.6 is 22.9 Å². The number of rotatable bonds is 2. The van der Waals surface area contributed by atoms with E-state index in [-0.39, 0.29) is 5.91 Å². The molecule has 3 heterocycles. The van der Waals surface area contributed by atoms with Crippen LogP contribution in [0.2, 0.25) is 4.34 Å². The van der Waals surface area contributed by atoms with E-state index < -0.39 is 0 Å². The van der Waals surface area contributed by atoms with Gasteiger partial charge in [0.15, 0.2) is 0 Å². The Hall–Kier alpha value is -1.65. The number of hydrogen-bond acceptors (Lipinski definition) is 3. The number of carbonyl (C=O) groups excluding carboxylic acids is 1. The molecule has 0 fully saturated rings. The summed E-state index contributed by atoms with van der Waals surface area (Å²) >= 11 is 7.33. The number of anilines is 1. The van der Waals surface area contributed by atoms with Gasteiger partial charge in [-0.3, -0.25) is 9.78 Å². The molecular weight excluding hydrogens is 292 g/mol. The molecule has 20 heavy (non-hydrogen) atoms. The van der Waals surface area contributed by atoms with Crippen molar-refractivity contribution >= 4 is 40.6 Å². The monoisotopic (exact) mass is 304 g/mol. The van der Waals surface area contributed by atoms with Gasteiger partial charge in [-0.25, -0.2) is 0 Å². The van der Waals surface area contributed by atoms with Crippen LogP contribution in [0.25, 0.3) is 6.08 Å². The Morgan fingerprint density at radius 2 is 2.30 bits per heavy atom. The fourth-order valence-electron chi connectivity index (χ4n) is 2.28. The Kier molecular flexibility index (Phi) is 3.85. The average Bonchev–Trinajstić information content (AvgIpc) is 2.90. The van der Waals surface area contributed by atoms with E-state index in [9.17, 15) is 4.79 Å². The third-order valence-electron chi connectivity index (χ3n) is 3.20. The van der Waals surface area contributed by atoms with Crippen LogP contribution in [0.4, 0.5) is 5.69 Å². The number of pyridine rings is 1. The van der Waals surface area contributed by atoms with E-state index >= 15 is 0 Å². The van der Waals surface area contributed by atoms with E-state index in [1.165, 1.54) is 11.3 Å². The number of carbonyl (C=O) groups is 1. The first-order valence-electron chi connectivity index (χ1n) is 6.43. The van der Waals surface area contributed by atoms with Crippen LogP contribution in [0.1, 0.15) is 17.0 Å². The Bertz CT molecular complexity index is 665. The highest BCUT2D eigenvalue weighted by atomic mass is 35.5. The van der Waals surface area contributed by atoms with Gasteiger partial charge in [-0.2, -0.15) is 0 Å². The molecule has 2 aromatic heterocycles. The molecule has 0 bridgehead atoms. The zero-order valence-electron chi connectivity index (χ0n) is 10.8. The van der Waals surface area contributed by atoms with Crippen LogP contribution in [0.3, 0.4) is 0 Å². The first-order valence-corrected chi connectivity index (χ1v) is 7.62. The number of hydrogen-bond donors (Lipinski definition) is 0. The zero-order valence-corrected chi connectivity index (χ0v) is 12.3. The van der Waals surface area contributed by atoms with Crippen LogP contribution in [0.15, 0.2) is 36.5 Å². The summed E-state index contributed by atoms with van der Waals surface area (Å²) in [5, 5.41) is 0. The second-order valence-corrected chi connectivity index (χ2v) is 6.28. The van der Waals surface area contributed by atoms with Crippen molar-refractivity contribution in [3.63, 3.8) is 0 Å². The average molecular weight is 305 g/mol. The molecule has 1 aliphatic rings. The fourth-order valence-corrected chi connectivity index (χ4v) is 3.25. The Balaban J connectivity index is 1.80. The van der Waals surface area contributed by atoms with Crippen LogP contribution in [0, 0.1) is 0 Å². The van der Waals surface area contributed by atoms with Gasteiger partial charge in [0, 0.05) is 23.7 Å². The smallest absolute Gasteiger partial charge is 0.251 e. The van der Waals surface area contributed by atoms with Crippen LogP contribution < -0.4 is 4.90 Å². The first kappa shape index (κ1) is 13.3. The van der Waals surface area contributed by atoms with Crippen molar-refractivity contribution in [2.45, 2.75) is 12.8 Å². The second kappa shape index (κ2) is 5.77. The van der Waals surface area contributed by atoms with Crippen molar-refractivity contribution in [2.75, 3.05) is 11.4 Å². The second-order valence-electron chi connectivity index (χ2n) is 4.54. The van der Waals surface area contributed by atoms with Gasteiger partial charge in [-0.1, -0.05) is 11.6 Å². The maximum absolute atomic E-state index is 12.3. The molecule has 5 heteroatoms. The topological polar surface area (TPSA) is 33.2 Å². The summed E-state index contributed by atoms with van der Waals surface area (Å²) in [4.78, 5) is 19.4. The molecular formula is C15H13ClN2OS. The third-order valence-corrected chi connectivity index (χ3v) is 4.40. The van der Waals surface area contributed by atoms with Gasteiger partial charge >= 0.3 is 0 Å². The molecule has 1 aliphatic heterocycles. The molecule has 3 nitrogen and oxygen atoms in total. The van der Waals surface area contributed by atoms with Gasteiger partial charge < -0.3 is 4.90 Å². The van der Waals surface area contributed by atoms with Gasteiger partial charge in [-0.05, 0) is 43.2 Å². The largest absolute Gasteiger partial charge is 0.307 e. The number of aryl methyl sites for hydroxylation is 1. The molecule has 1 amide bonds. The molecule has 0 unspecified atom stereocenters. The predicted octanol–water partition coefficient (Wildman–Crippen LogP) is 3.79. The van der Waals surface area contributed by atoms with Crippen molar-refractivity contribution in [3.05, 3.63) is 51.4 Å². The minimum absolute atomic E-state index is 0.0107. The number of nitrogens with zero attached hydrogens (tertiary/aromatic N) is 2. The van der Waals surface area contributed by atoms with Gasteiger partial charge in [0.1, 0.15) is 0 Å². The molecule has 0 spiro atoms. The number of amides is 1. The van der Waals surface area contributed by atoms with Crippen LogP contribution in [-0.4, -0.2) is 17.4 Å². The molecule has 0 N–H and O–H groups in total. The Labute approximate surface area is 126 Å². The third kappa shape index (κ3) is 2.76. The highest BCUT2D eigenvalue weighted by molar-refractivity contribution is 7.17. The van der Waals surface area contributed by atoms with Crippen molar-refractivity contribution in [3.8, 4) is 0 Å². The van der Waals surface area contributed by atoms with Crippen molar-refractivity contribution < 1.29 is 4.79 Å².